The zero-order valence-corrected chi connectivity index (χ0v) is 12.4. The van der Waals surface area contributed by atoms with Gasteiger partial charge in [0.1, 0.15) is 11.9 Å². The molecule has 106 valence electrons. The molecular weight excluding hydrogens is 274 g/mol. The lowest BCUT2D eigenvalue weighted by molar-refractivity contribution is -0.119. The van der Waals surface area contributed by atoms with E-state index < -0.39 is 0 Å². The molecule has 0 aromatic carbocycles. The van der Waals surface area contributed by atoms with Crippen LogP contribution in [0.5, 0.6) is 0 Å². The molecule has 2 aromatic rings. The first kappa shape index (κ1) is 13.3. The summed E-state index contributed by atoms with van der Waals surface area (Å²) in [6.07, 6.45) is 1.17. The molecule has 0 saturated carbocycles. The van der Waals surface area contributed by atoms with Gasteiger partial charge < -0.3 is 10.1 Å². The Bertz CT molecular complexity index is 632. The number of amides is 1. The summed E-state index contributed by atoms with van der Waals surface area (Å²) in [6, 6.07) is 3.98. The number of aromatic nitrogens is 2. The van der Waals surface area contributed by atoms with E-state index in [0.717, 1.165) is 17.9 Å². The van der Waals surface area contributed by atoms with Gasteiger partial charge in [0.2, 0.25) is 5.91 Å². The van der Waals surface area contributed by atoms with Crippen LogP contribution >= 0.6 is 11.3 Å². The van der Waals surface area contributed by atoms with Gasteiger partial charge in [-0.25, -0.2) is 0 Å². The second kappa shape index (κ2) is 5.38. The summed E-state index contributed by atoms with van der Waals surface area (Å²) in [7, 11) is 1.82. The van der Waals surface area contributed by atoms with Crippen LogP contribution in [0.3, 0.4) is 0 Å². The van der Waals surface area contributed by atoms with Gasteiger partial charge in [0.15, 0.2) is 0 Å². The quantitative estimate of drug-likeness (QED) is 0.945. The van der Waals surface area contributed by atoms with Crippen molar-refractivity contribution in [3.05, 3.63) is 33.6 Å². The molecule has 5 nitrogen and oxygen atoms in total. The zero-order chi connectivity index (χ0) is 14.1. The number of nitrogens with one attached hydrogen (secondary N) is 1. The van der Waals surface area contributed by atoms with Crippen molar-refractivity contribution in [1.82, 2.24) is 9.78 Å². The molecule has 2 aromatic heterocycles. The molecule has 0 radical (unpaired) electrons. The average molecular weight is 291 g/mol. The fraction of sp³-hybridized carbons (Fsp3) is 0.429. The van der Waals surface area contributed by atoms with Crippen LogP contribution in [-0.2, 0) is 23.0 Å². The first-order chi connectivity index (χ1) is 9.63. The fourth-order valence-electron chi connectivity index (χ4n) is 2.46. The molecule has 0 aliphatic carbocycles. The Morgan fingerprint density at radius 2 is 2.50 bits per heavy atom. The van der Waals surface area contributed by atoms with E-state index in [1.807, 2.05) is 20.0 Å². The van der Waals surface area contributed by atoms with Gasteiger partial charge in [-0.2, -0.15) is 5.10 Å². The molecule has 20 heavy (non-hydrogen) atoms. The number of anilines is 1. The highest BCUT2D eigenvalue weighted by atomic mass is 32.1. The van der Waals surface area contributed by atoms with E-state index in [1.54, 1.807) is 16.0 Å². The van der Waals surface area contributed by atoms with Crippen molar-refractivity contribution in [2.45, 2.75) is 25.9 Å². The number of carbonyl (C=O) groups is 1. The van der Waals surface area contributed by atoms with Gasteiger partial charge in [-0.3, -0.25) is 9.48 Å². The van der Waals surface area contributed by atoms with Crippen LogP contribution in [-0.4, -0.2) is 22.3 Å². The second-order valence-corrected chi connectivity index (χ2v) is 5.91. The minimum atomic E-state index is -0.118. The number of hydrogen-bond acceptors (Lipinski definition) is 4. The van der Waals surface area contributed by atoms with Crippen LogP contribution in [0.4, 0.5) is 5.82 Å². The molecule has 1 aliphatic rings. The molecular formula is C14H17N3O2S. The van der Waals surface area contributed by atoms with Gasteiger partial charge in [-0.15, -0.1) is 11.3 Å². The number of fused-ring (bicyclic) bond motifs is 1. The normalized spacial score (nSPS) is 17.8. The van der Waals surface area contributed by atoms with Crippen molar-refractivity contribution < 1.29 is 9.53 Å². The van der Waals surface area contributed by atoms with Crippen LogP contribution in [0.1, 0.15) is 28.7 Å². The van der Waals surface area contributed by atoms with Crippen LogP contribution in [0.25, 0.3) is 0 Å². The molecule has 0 bridgehead atoms. The second-order valence-electron chi connectivity index (χ2n) is 4.97. The number of hydrogen-bond donors (Lipinski definition) is 1. The molecule has 6 heteroatoms. The number of carbonyl (C=O) groups excluding carboxylic acids is 1. The molecule has 3 rings (SSSR count). The molecule has 1 amide bonds. The zero-order valence-electron chi connectivity index (χ0n) is 11.5. The Morgan fingerprint density at radius 3 is 3.25 bits per heavy atom. The summed E-state index contributed by atoms with van der Waals surface area (Å²) in [6.45, 7) is 2.59. The van der Waals surface area contributed by atoms with Gasteiger partial charge in [-0.05, 0) is 30.4 Å². The maximum absolute atomic E-state index is 12.1. The number of nitrogens with zero attached hydrogens (tertiary/aromatic N) is 2. The molecule has 1 atom stereocenters. The molecule has 1 N–H and O–H groups in total. The highest BCUT2D eigenvalue weighted by molar-refractivity contribution is 7.10. The average Bonchev–Trinajstić information content (AvgIpc) is 2.97. The fourth-order valence-corrected chi connectivity index (χ4v) is 3.47. The van der Waals surface area contributed by atoms with Crippen LogP contribution < -0.4 is 5.32 Å². The van der Waals surface area contributed by atoms with Crippen molar-refractivity contribution in [2.75, 3.05) is 11.9 Å². The predicted octanol–water partition coefficient (Wildman–Crippen LogP) is 2.43. The van der Waals surface area contributed by atoms with Gasteiger partial charge in [0.05, 0.1) is 18.7 Å². The smallest absolute Gasteiger partial charge is 0.228 e. The molecule has 0 fully saturated rings. The highest BCUT2D eigenvalue weighted by Gasteiger charge is 2.24. The first-order valence-corrected chi connectivity index (χ1v) is 7.50. The van der Waals surface area contributed by atoms with Gasteiger partial charge in [0.25, 0.3) is 0 Å². The van der Waals surface area contributed by atoms with Crippen LogP contribution in [0.15, 0.2) is 17.5 Å². The largest absolute Gasteiger partial charge is 0.372 e. The lowest BCUT2D eigenvalue weighted by atomic mass is 10.1. The Labute approximate surface area is 121 Å². The van der Waals surface area contributed by atoms with E-state index >= 15 is 0 Å². The molecule has 0 saturated heterocycles. The maximum Gasteiger partial charge on any atom is 0.228 e. The summed E-state index contributed by atoms with van der Waals surface area (Å²) in [5, 5.41) is 9.16. The van der Waals surface area contributed by atoms with E-state index in [4.69, 9.17) is 4.74 Å². The van der Waals surface area contributed by atoms with Gasteiger partial charge in [0, 0.05) is 18.0 Å². The van der Waals surface area contributed by atoms with E-state index in [9.17, 15) is 4.79 Å². The molecule has 3 heterocycles. The van der Waals surface area contributed by atoms with E-state index in [-0.39, 0.29) is 12.0 Å². The SMILES string of the molecule is Cc1cc(NC(=O)CC2OCCc3ccsc32)n(C)n1. The number of ether oxygens (including phenoxy) is 1. The van der Waals surface area contributed by atoms with E-state index in [1.165, 1.54) is 10.4 Å². The lowest BCUT2D eigenvalue weighted by Crippen LogP contribution is -2.21. The maximum atomic E-state index is 12.1. The van der Waals surface area contributed by atoms with Crippen LogP contribution in [0.2, 0.25) is 0 Å². The third-order valence-corrected chi connectivity index (χ3v) is 4.46. The third-order valence-electron chi connectivity index (χ3n) is 3.40. The minimum Gasteiger partial charge on any atom is -0.372 e. The topological polar surface area (TPSA) is 56.1 Å². The standard InChI is InChI=1S/C14H17N3O2S/c1-9-7-12(17(2)16-9)15-13(18)8-11-14-10(3-5-19-11)4-6-20-14/h4,6-7,11H,3,5,8H2,1-2H3,(H,15,18). The summed E-state index contributed by atoms with van der Waals surface area (Å²) in [5.74, 6) is 0.675. The lowest BCUT2D eigenvalue weighted by Gasteiger charge is -2.22. The van der Waals surface area contributed by atoms with Crippen molar-refractivity contribution in [2.24, 2.45) is 7.05 Å². The van der Waals surface area contributed by atoms with Gasteiger partial charge in [-0.1, -0.05) is 0 Å². The third kappa shape index (κ3) is 2.62. The number of aryl methyl sites for hydroxylation is 2. The van der Waals surface area contributed by atoms with Crippen LogP contribution in [0, 0.1) is 6.92 Å². The number of rotatable bonds is 3. The van der Waals surface area contributed by atoms with E-state index in [2.05, 4.69) is 21.9 Å². The van der Waals surface area contributed by atoms with Crippen molar-refractivity contribution in [1.29, 1.82) is 0 Å². The van der Waals surface area contributed by atoms with Crippen molar-refractivity contribution in [3.8, 4) is 0 Å². The Hall–Kier alpha value is -1.66. The Morgan fingerprint density at radius 1 is 1.65 bits per heavy atom. The summed E-state index contributed by atoms with van der Waals surface area (Å²) in [5.41, 5.74) is 2.20. The molecule has 0 spiro atoms. The Balaban J connectivity index is 1.67. The predicted molar refractivity (Wildman–Crippen MR) is 77.9 cm³/mol. The molecule has 1 unspecified atom stereocenters. The first-order valence-electron chi connectivity index (χ1n) is 6.62. The monoisotopic (exact) mass is 291 g/mol. The molecule has 1 aliphatic heterocycles. The Kier molecular flexibility index (Phi) is 3.58. The highest BCUT2D eigenvalue weighted by Crippen LogP contribution is 2.34. The summed E-state index contributed by atoms with van der Waals surface area (Å²) >= 11 is 1.67. The summed E-state index contributed by atoms with van der Waals surface area (Å²) in [4.78, 5) is 13.3. The van der Waals surface area contributed by atoms with Crippen molar-refractivity contribution >= 4 is 23.1 Å². The minimum absolute atomic E-state index is 0.0424. The number of thiophene rings is 1. The van der Waals surface area contributed by atoms with Gasteiger partial charge >= 0.3 is 0 Å². The summed E-state index contributed by atoms with van der Waals surface area (Å²) < 4.78 is 7.41. The van der Waals surface area contributed by atoms with E-state index in [0.29, 0.717) is 13.0 Å². The van der Waals surface area contributed by atoms with Crippen molar-refractivity contribution in [3.63, 3.8) is 0 Å².